The summed E-state index contributed by atoms with van der Waals surface area (Å²) < 4.78 is 11.8. The second-order valence-corrected chi connectivity index (χ2v) is 6.81. The van der Waals surface area contributed by atoms with Gasteiger partial charge in [-0.1, -0.05) is 13.3 Å². The molecule has 0 spiro atoms. The summed E-state index contributed by atoms with van der Waals surface area (Å²) in [6.07, 6.45) is 6.23. The normalized spacial score (nSPS) is 42.1. The molecule has 1 saturated carbocycles. The lowest BCUT2D eigenvalue weighted by molar-refractivity contribution is -0.163. The molecule has 0 aromatic heterocycles. The third-order valence-corrected chi connectivity index (χ3v) is 5.38. The summed E-state index contributed by atoms with van der Waals surface area (Å²) in [5, 5.41) is 0. The van der Waals surface area contributed by atoms with Gasteiger partial charge in [-0.15, -0.1) is 0 Å². The van der Waals surface area contributed by atoms with Gasteiger partial charge in [0, 0.05) is 6.42 Å². The molecule has 1 aliphatic carbocycles. The first-order valence-electron chi connectivity index (χ1n) is 7.39. The van der Waals surface area contributed by atoms with Crippen LogP contribution >= 0.6 is 0 Å². The van der Waals surface area contributed by atoms with E-state index in [1.165, 1.54) is 19.3 Å². The molecule has 0 N–H and O–H groups in total. The molecule has 5 atom stereocenters. The molecule has 2 saturated heterocycles. The Morgan fingerprint density at radius 2 is 2.06 bits per heavy atom. The summed E-state index contributed by atoms with van der Waals surface area (Å²) in [7, 11) is 0. The van der Waals surface area contributed by atoms with Crippen molar-refractivity contribution in [2.45, 2.75) is 71.2 Å². The molecule has 0 radical (unpaired) electrons. The standard InChI is InChI=1S/C15H24O3/c1-4-15(2,3)14(16)18-12-8-11-9-6-5-7-10(9)13(12)17-11/h9-13H,4-8H2,1-3H3. The highest BCUT2D eigenvalue weighted by Gasteiger charge is 2.57. The van der Waals surface area contributed by atoms with Gasteiger partial charge in [0.2, 0.25) is 0 Å². The Morgan fingerprint density at radius 1 is 1.33 bits per heavy atom. The van der Waals surface area contributed by atoms with Crippen LogP contribution in [-0.4, -0.2) is 24.3 Å². The number of esters is 1. The van der Waals surface area contributed by atoms with E-state index in [-0.39, 0.29) is 23.6 Å². The molecule has 0 aromatic rings. The molecule has 18 heavy (non-hydrogen) atoms. The maximum Gasteiger partial charge on any atom is 0.311 e. The Morgan fingerprint density at radius 3 is 2.78 bits per heavy atom. The highest BCUT2D eigenvalue weighted by atomic mass is 16.6. The molecule has 3 rings (SSSR count). The number of ether oxygens (including phenoxy) is 2. The summed E-state index contributed by atoms with van der Waals surface area (Å²) in [6, 6.07) is 0. The predicted molar refractivity (Wildman–Crippen MR) is 68.1 cm³/mol. The molecule has 3 heteroatoms. The number of carbonyl (C=O) groups excluding carboxylic acids is 1. The summed E-state index contributed by atoms with van der Waals surface area (Å²) in [6.45, 7) is 5.95. The quantitative estimate of drug-likeness (QED) is 0.724. The fourth-order valence-corrected chi connectivity index (χ4v) is 3.80. The number of hydrogen-bond donors (Lipinski definition) is 0. The summed E-state index contributed by atoms with van der Waals surface area (Å²) in [5.74, 6) is 1.36. The average Bonchev–Trinajstić information content (AvgIpc) is 2.99. The van der Waals surface area contributed by atoms with Crippen molar-refractivity contribution in [2.24, 2.45) is 17.3 Å². The molecule has 0 amide bonds. The highest BCUT2D eigenvalue weighted by molar-refractivity contribution is 5.76. The third-order valence-electron chi connectivity index (χ3n) is 5.38. The van der Waals surface area contributed by atoms with E-state index in [1.54, 1.807) is 0 Å². The highest BCUT2D eigenvalue weighted by Crippen LogP contribution is 2.52. The van der Waals surface area contributed by atoms with E-state index in [2.05, 4.69) is 0 Å². The maximum atomic E-state index is 12.1. The topological polar surface area (TPSA) is 35.5 Å². The van der Waals surface area contributed by atoms with Crippen LogP contribution in [0, 0.1) is 17.3 Å². The van der Waals surface area contributed by atoms with Crippen LogP contribution in [0.2, 0.25) is 0 Å². The van der Waals surface area contributed by atoms with Gasteiger partial charge < -0.3 is 9.47 Å². The molecule has 5 unspecified atom stereocenters. The van der Waals surface area contributed by atoms with Crippen molar-refractivity contribution in [3.8, 4) is 0 Å². The molecule has 3 aliphatic rings. The van der Waals surface area contributed by atoms with Crippen LogP contribution in [0.4, 0.5) is 0 Å². The van der Waals surface area contributed by atoms with Crippen LogP contribution < -0.4 is 0 Å². The van der Waals surface area contributed by atoms with Crippen molar-refractivity contribution < 1.29 is 14.3 Å². The Balaban J connectivity index is 1.65. The minimum atomic E-state index is -0.364. The zero-order chi connectivity index (χ0) is 12.9. The number of carbonyl (C=O) groups is 1. The average molecular weight is 252 g/mol. The second-order valence-electron chi connectivity index (χ2n) is 6.81. The first-order chi connectivity index (χ1) is 8.53. The number of hydrogen-bond acceptors (Lipinski definition) is 3. The van der Waals surface area contributed by atoms with Crippen LogP contribution in [0.5, 0.6) is 0 Å². The lowest BCUT2D eigenvalue weighted by Crippen LogP contribution is -2.39. The fraction of sp³-hybridized carbons (Fsp3) is 0.933. The van der Waals surface area contributed by atoms with Crippen LogP contribution in [0.1, 0.15) is 52.9 Å². The molecule has 3 nitrogen and oxygen atoms in total. The zero-order valence-corrected chi connectivity index (χ0v) is 11.6. The van der Waals surface area contributed by atoms with Gasteiger partial charge in [0.1, 0.15) is 6.10 Å². The second kappa shape index (κ2) is 4.22. The Bertz CT molecular complexity index is 350. The summed E-state index contributed by atoms with van der Waals surface area (Å²) in [5.41, 5.74) is -0.364. The van der Waals surface area contributed by atoms with Crippen molar-refractivity contribution in [2.75, 3.05) is 0 Å². The summed E-state index contributed by atoms with van der Waals surface area (Å²) in [4.78, 5) is 12.1. The first kappa shape index (κ1) is 12.5. The minimum Gasteiger partial charge on any atom is -0.459 e. The minimum absolute atomic E-state index is 0.0210. The van der Waals surface area contributed by atoms with E-state index in [1.807, 2.05) is 20.8 Å². The van der Waals surface area contributed by atoms with Gasteiger partial charge in [-0.25, -0.2) is 0 Å². The van der Waals surface area contributed by atoms with Gasteiger partial charge in [0.15, 0.2) is 0 Å². The van der Waals surface area contributed by atoms with Crippen LogP contribution in [0.25, 0.3) is 0 Å². The smallest absolute Gasteiger partial charge is 0.311 e. The van der Waals surface area contributed by atoms with Crippen molar-refractivity contribution >= 4 is 5.97 Å². The van der Waals surface area contributed by atoms with Crippen molar-refractivity contribution in [3.05, 3.63) is 0 Å². The predicted octanol–water partition coefficient (Wildman–Crippen LogP) is 2.92. The lowest BCUT2D eigenvalue weighted by atomic mass is 9.80. The van der Waals surface area contributed by atoms with E-state index in [0.717, 1.165) is 18.8 Å². The van der Waals surface area contributed by atoms with Gasteiger partial charge >= 0.3 is 5.97 Å². The number of rotatable bonds is 3. The molecule has 0 aromatic carbocycles. The molecule has 3 fully saturated rings. The summed E-state index contributed by atoms with van der Waals surface area (Å²) >= 11 is 0. The van der Waals surface area contributed by atoms with Gasteiger partial charge in [0.05, 0.1) is 17.6 Å². The zero-order valence-electron chi connectivity index (χ0n) is 11.6. The molecule has 2 aliphatic heterocycles. The monoisotopic (exact) mass is 252 g/mol. The molecule has 2 heterocycles. The Kier molecular flexibility index (Phi) is 2.92. The van der Waals surface area contributed by atoms with Gasteiger partial charge in [0.25, 0.3) is 0 Å². The lowest BCUT2D eigenvalue weighted by Gasteiger charge is -2.30. The van der Waals surface area contributed by atoms with E-state index in [9.17, 15) is 4.79 Å². The van der Waals surface area contributed by atoms with Crippen LogP contribution in [0.3, 0.4) is 0 Å². The fourth-order valence-electron chi connectivity index (χ4n) is 3.80. The maximum absolute atomic E-state index is 12.1. The molecule has 102 valence electrons. The van der Waals surface area contributed by atoms with Gasteiger partial charge in [-0.05, 0) is 44.9 Å². The van der Waals surface area contributed by atoms with E-state index in [0.29, 0.717) is 12.0 Å². The van der Waals surface area contributed by atoms with Crippen LogP contribution in [0.15, 0.2) is 0 Å². The molecular formula is C15H24O3. The molecule has 2 bridgehead atoms. The van der Waals surface area contributed by atoms with Crippen molar-refractivity contribution in [1.29, 1.82) is 0 Å². The van der Waals surface area contributed by atoms with E-state index < -0.39 is 0 Å². The van der Waals surface area contributed by atoms with Gasteiger partial charge in [-0.3, -0.25) is 4.79 Å². The van der Waals surface area contributed by atoms with Gasteiger partial charge in [-0.2, -0.15) is 0 Å². The first-order valence-corrected chi connectivity index (χ1v) is 7.39. The van der Waals surface area contributed by atoms with Crippen LogP contribution in [-0.2, 0) is 14.3 Å². The van der Waals surface area contributed by atoms with Crippen molar-refractivity contribution in [3.63, 3.8) is 0 Å². The van der Waals surface area contributed by atoms with E-state index >= 15 is 0 Å². The molecular weight excluding hydrogens is 228 g/mol. The Labute approximate surface area is 109 Å². The van der Waals surface area contributed by atoms with E-state index in [4.69, 9.17) is 9.47 Å². The Hall–Kier alpha value is -0.570. The number of fused-ring (bicyclic) bond motifs is 5. The SMILES string of the molecule is CCC(C)(C)C(=O)OC1CC2OC1C1CCCC21. The van der Waals surface area contributed by atoms with Crippen molar-refractivity contribution in [1.82, 2.24) is 0 Å². The third kappa shape index (κ3) is 1.78. The largest absolute Gasteiger partial charge is 0.459 e.